The van der Waals surface area contributed by atoms with Gasteiger partial charge >= 0.3 is 0 Å². The van der Waals surface area contributed by atoms with Crippen LogP contribution < -0.4 is 0 Å². The van der Waals surface area contributed by atoms with Crippen LogP contribution in [-0.2, 0) is 14.2 Å². The van der Waals surface area contributed by atoms with Gasteiger partial charge in [0.25, 0.3) is 0 Å². The molecule has 0 amide bonds. The van der Waals surface area contributed by atoms with Crippen molar-refractivity contribution in [1.29, 1.82) is 0 Å². The summed E-state index contributed by atoms with van der Waals surface area (Å²) in [6.07, 6.45) is -9.39. The van der Waals surface area contributed by atoms with Crippen molar-refractivity contribution in [1.82, 2.24) is 0 Å². The lowest BCUT2D eigenvalue weighted by atomic mass is 10.0. The standard InChI is InChI=1S/C12H19Cl3O8/c13-1-4-7(17)10(20)12(3-14,22-4)23-11-9(19)8(18)6(15)5(2-16)21-11/h4-11,16-20H,1-3H2/t4?,5-,6+,7?,8+,9?,10?,11?,12+/m1/s1. The van der Waals surface area contributed by atoms with Crippen molar-refractivity contribution in [2.75, 3.05) is 18.4 Å². The van der Waals surface area contributed by atoms with Crippen molar-refractivity contribution in [3.05, 3.63) is 0 Å². The Morgan fingerprint density at radius 1 is 1.00 bits per heavy atom. The van der Waals surface area contributed by atoms with Gasteiger partial charge in [-0.2, -0.15) is 0 Å². The first-order valence-corrected chi connectivity index (χ1v) is 8.42. The number of hydrogen-bond acceptors (Lipinski definition) is 8. The SMILES string of the molecule is OC[C@H]1OC(O[C@]2(CCl)OC(CCl)C(O)C2O)C(O)[C@@H](O)[C@H]1Cl. The van der Waals surface area contributed by atoms with E-state index in [-0.39, 0.29) is 5.88 Å². The molecule has 136 valence electrons. The molecule has 9 atom stereocenters. The van der Waals surface area contributed by atoms with E-state index in [1.54, 1.807) is 0 Å². The third-order valence-corrected chi connectivity index (χ3v) is 5.17. The van der Waals surface area contributed by atoms with Gasteiger partial charge in [-0.25, -0.2) is 0 Å². The Hall–Kier alpha value is 0.550. The molecule has 11 heteroatoms. The highest BCUT2D eigenvalue weighted by Gasteiger charge is 2.58. The number of alkyl halides is 3. The van der Waals surface area contributed by atoms with Crippen molar-refractivity contribution >= 4 is 34.8 Å². The molecule has 0 saturated carbocycles. The molecule has 8 nitrogen and oxygen atoms in total. The molecule has 2 aliphatic heterocycles. The molecule has 0 aliphatic carbocycles. The molecule has 5 unspecified atom stereocenters. The molecule has 0 aromatic rings. The second kappa shape index (κ2) is 7.84. The molecular weight excluding hydrogens is 378 g/mol. The second-order valence-corrected chi connectivity index (χ2v) is 6.54. The average molecular weight is 398 g/mol. The fourth-order valence-corrected chi connectivity index (χ4v) is 3.37. The van der Waals surface area contributed by atoms with Gasteiger partial charge in [-0.1, -0.05) is 0 Å². The normalized spacial score (nSPS) is 51.1. The second-order valence-electron chi connectivity index (χ2n) is 5.46. The first kappa shape index (κ1) is 19.9. The van der Waals surface area contributed by atoms with Crippen LogP contribution in [0.15, 0.2) is 0 Å². The van der Waals surface area contributed by atoms with Crippen LogP contribution >= 0.6 is 34.8 Å². The molecule has 2 aliphatic rings. The summed E-state index contributed by atoms with van der Waals surface area (Å²) in [5, 5.41) is 48.1. The third-order valence-electron chi connectivity index (χ3n) is 3.96. The molecule has 0 bridgehead atoms. The minimum absolute atomic E-state index is 0.125. The number of aliphatic hydroxyl groups is 5. The molecule has 2 rings (SSSR count). The van der Waals surface area contributed by atoms with Gasteiger partial charge in [-0.15, -0.1) is 34.8 Å². The van der Waals surface area contributed by atoms with E-state index < -0.39 is 66.6 Å². The zero-order valence-electron chi connectivity index (χ0n) is 11.8. The van der Waals surface area contributed by atoms with Crippen LogP contribution in [0.25, 0.3) is 0 Å². The Kier molecular flexibility index (Phi) is 6.77. The summed E-state index contributed by atoms with van der Waals surface area (Å²) in [5.41, 5.74) is 0. The summed E-state index contributed by atoms with van der Waals surface area (Å²) >= 11 is 17.3. The molecule has 0 radical (unpaired) electrons. The maximum atomic E-state index is 10.1. The van der Waals surface area contributed by atoms with Crippen LogP contribution in [0.1, 0.15) is 0 Å². The van der Waals surface area contributed by atoms with Gasteiger partial charge in [0.15, 0.2) is 6.29 Å². The average Bonchev–Trinajstić information content (AvgIpc) is 2.80. The lowest BCUT2D eigenvalue weighted by molar-refractivity contribution is -0.357. The highest BCUT2D eigenvalue weighted by Crippen LogP contribution is 2.37. The molecule has 23 heavy (non-hydrogen) atoms. The van der Waals surface area contributed by atoms with Crippen molar-refractivity contribution in [3.63, 3.8) is 0 Å². The van der Waals surface area contributed by atoms with E-state index >= 15 is 0 Å². The first-order valence-electron chi connectivity index (χ1n) is 6.91. The zero-order valence-corrected chi connectivity index (χ0v) is 14.1. The molecule has 5 N–H and O–H groups in total. The smallest absolute Gasteiger partial charge is 0.214 e. The van der Waals surface area contributed by atoms with E-state index in [1.807, 2.05) is 0 Å². The largest absolute Gasteiger partial charge is 0.394 e. The van der Waals surface area contributed by atoms with Gasteiger partial charge in [0, 0.05) is 0 Å². The maximum absolute atomic E-state index is 10.1. The van der Waals surface area contributed by atoms with Crippen molar-refractivity contribution in [2.24, 2.45) is 0 Å². The molecule has 0 aromatic carbocycles. The predicted molar refractivity (Wildman–Crippen MR) is 79.5 cm³/mol. The van der Waals surface area contributed by atoms with Gasteiger partial charge in [-0.3, -0.25) is 0 Å². The number of aliphatic hydroxyl groups excluding tert-OH is 5. The summed E-state index contributed by atoms with van der Waals surface area (Å²) < 4.78 is 16.1. The van der Waals surface area contributed by atoms with Gasteiger partial charge in [0.05, 0.1) is 23.7 Å². The van der Waals surface area contributed by atoms with Crippen LogP contribution in [0.5, 0.6) is 0 Å². The monoisotopic (exact) mass is 396 g/mol. The molecule has 0 aromatic heterocycles. The number of ether oxygens (including phenoxy) is 3. The Bertz CT molecular complexity index is 403. The Balaban J connectivity index is 2.18. The van der Waals surface area contributed by atoms with Crippen LogP contribution in [0.3, 0.4) is 0 Å². The topological polar surface area (TPSA) is 129 Å². The maximum Gasteiger partial charge on any atom is 0.214 e. The van der Waals surface area contributed by atoms with E-state index in [2.05, 4.69) is 0 Å². The number of rotatable bonds is 5. The number of hydrogen-bond donors (Lipinski definition) is 5. The van der Waals surface area contributed by atoms with Gasteiger partial charge in [0.2, 0.25) is 5.79 Å². The van der Waals surface area contributed by atoms with Crippen molar-refractivity contribution in [3.8, 4) is 0 Å². The van der Waals surface area contributed by atoms with Crippen LogP contribution in [0.2, 0.25) is 0 Å². The van der Waals surface area contributed by atoms with Crippen LogP contribution in [0, 0.1) is 0 Å². The summed E-state index contributed by atoms with van der Waals surface area (Å²) in [7, 11) is 0. The molecular formula is C12H19Cl3O8. The van der Waals surface area contributed by atoms with E-state index in [9.17, 15) is 25.5 Å². The Morgan fingerprint density at radius 3 is 2.13 bits per heavy atom. The van der Waals surface area contributed by atoms with Crippen molar-refractivity contribution < 1.29 is 39.7 Å². The van der Waals surface area contributed by atoms with E-state index in [0.717, 1.165) is 0 Å². The van der Waals surface area contributed by atoms with E-state index in [4.69, 9.17) is 49.0 Å². The van der Waals surface area contributed by atoms with Crippen LogP contribution in [-0.4, -0.2) is 98.0 Å². The fourth-order valence-electron chi connectivity index (χ4n) is 2.56. The lowest BCUT2D eigenvalue weighted by Crippen LogP contribution is -2.61. The highest BCUT2D eigenvalue weighted by molar-refractivity contribution is 6.21. The van der Waals surface area contributed by atoms with Gasteiger partial charge < -0.3 is 39.7 Å². The lowest BCUT2D eigenvalue weighted by Gasteiger charge is -2.43. The summed E-state index contributed by atoms with van der Waals surface area (Å²) in [4.78, 5) is 0. The third kappa shape index (κ3) is 3.58. The summed E-state index contributed by atoms with van der Waals surface area (Å²) in [5.74, 6) is -2.43. The Labute approximate surface area is 147 Å². The fraction of sp³-hybridized carbons (Fsp3) is 1.00. The van der Waals surface area contributed by atoms with Gasteiger partial charge in [0.1, 0.15) is 36.6 Å². The van der Waals surface area contributed by atoms with Gasteiger partial charge in [-0.05, 0) is 0 Å². The molecule has 2 fully saturated rings. The van der Waals surface area contributed by atoms with E-state index in [0.29, 0.717) is 0 Å². The molecule has 2 heterocycles. The number of halogens is 3. The first-order chi connectivity index (χ1) is 10.8. The summed E-state index contributed by atoms with van der Waals surface area (Å²) in [6, 6.07) is 0. The predicted octanol–water partition coefficient (Wildman–Crippen LogP) is -1.66. The van der Waals surface area contributed by atoms with Crippen LogP contribution in [0.4, 0.5) is 0 Å². The zero-order chi connectivity index (χ0) is 17.4. The molecule has 2 saturated heterocycles. The van der Waals surface area contributed by atoms with E-state index in [1.165, 1.54) is 0 Å². The quantitative estimate of drug-likeness (QED) is 0.349. The van der Waals surface area contributed by atoms with Crippen molar-refractivity contribution in [2.45, 2.75) is 54.1 Å². The minimum atomic E-state index is -1.90. The Morgan fingerprint density at radius 2 is 1.65 bits per heavy atom. The molecule has 0 spiro atoms. The highest BCUT2D eigenvalue weighted by atomic mass is 35.5. The minimum Gasteiger partial charge on any atom is -0.394 e. The summed E-state index contributed by atoms with van der Waals surface area (Å²) in [6.45, 7) is -0.526.